The molecule has 0 fully saturated rings. The first-order valence-electron chi connectivity index (χ1n) is 6.57. The second-order valence-corrected chi connectivity index (χ2v) is 4.61. The summed E-state index contributed by atoms with van der Waals surface area (Å²) < 4.78 is 15.5. The number of hydrogen-bond acceptors (Lipinski definition) is 5. The second-order valence-electron chi connectivity index (χ2n) is 4.61. The SMILES string of the molecule is CCOC(=O)C(O)c1c(OC)ccc(OC)c1C(C)C. The molecule has 1 unspecified atom stereocenters. The zero-order valence-electron chi connectivity index (χ0n) is 12.6. The first kappa shape index (κ1) is 16.3. The van der Waals surface area contributed by atoms with Crippen molar-refractivity contribution in [3.8, 4) is 11.5 Å². The highest BCUT2D eigenvalue weighted by Gasteiger charge is 2.29. The maximum atomic E-state index is 11.8. The zero-order valence-corrected chi connectivity index (χ0v) is 12.6. The molecule has 112 valence electrons. The molecule has 1 atom stereocenters. The van der Waals surface area contributed by atoms with E-state index in [4.69, 9.17) is 14.2 Å². The number of aliphatic hydroxyl groups excluding tert-OH is 1. The highest BCUT2D eigenvalue weighted by Crippen LogP contribution is 2.39. The molecule has 0 saturated heterocycles. The Morgan fingerprint density at radius 3 is 2.05 bits per heavy atom. The van der Waals surface area contributed by atoms with Gasteiger partial charge in [-0.2, -0.15) is 0 Å². The van der Waals surface area contributed by atoms with Gasteiger partial charge in [0.05, 0.1) is 20.8 Å². The number of carbonyl (C=O) groups is 1. The van der Waals surface area contributed by atoms with Crippen molar-refractivity contribution in [2.24, 2.45) is 0 Å². The van der Waals surface area contributed by atoms with Gasteiger partial charge in [-0.15, -0.1) is 0 Å². The van der Waals surface area contributed by atoms with Gasteiger partial charge in [-0.1, -0.05) is 13.8 Å². The van der Waals surface area contributed by atoms with E-state index >= 15 is 0 Å². The number of hydrogen-bond donors (Lipinski definition) is 1. The minimum atomic E-state index is -1.39. The Morgan fingerprint density at radius 2 is 1.65 bits per heavy atom. The largest absolute Gasteiger partial charge is 0.496 e. The predicted molar refractivity (Wildman–Crippen MR) is 75.2 cm³/mol. The molecule has 1 aromatic carbocycles. The van der Waals surface area contributed by atoms with E-state index in [2.05, 4.69) is 0 Å². The highest BCUT2D eigenvalue weighted by molar-refractivity contribution is 5.78. The normalized spacial score (nSPS) is 12.2. The quantitative estimate of drug-likeness (QED) is 0.812. The van der Waals surface area contributed by atoms with E-state index in [0.717, 1.165) is 5.56 Å². The molecule has 0 aliphatic heterocycles. The summed E-state index contributed by atoms with van der Waals surface area (Å²) in [5, 5.41) is 10.3. The summed E-state index contributed by atoms with van der Waals surface area (Å²) >= 11 is 0. The van der Waals surface area contributed by atoms with Crippen LogP contribution in [0.25, 0.3) is 0 Å². The van der Waals surface area contributed by atoms with Crippen LogP contribution in [-0.4, -0.2) is 31.9 Å². The van der Waals surface area contributed by atoms with Crippen LogP contribution in [0.1, 0.15) is 43.9 Å². The van der Waals surface area contributed by atoms with Gasteiger partial charge in [-0.05, 0) is 25.0 Å². The molecular formula is C15H22O5. The average Bonchev–Trinajstić information content (AvgIpc) is 2.44. The lowest BCUT2D eigenvalue weighted by atomic mass is 9.92. The summed E-state index contributed by atoms with van der Waals surface area (Å²) in [5.74, 6) is 0.411. The van der Waals surface area contributed by atoms with Gasteiger partial charge in [-0.25, -0.2) is 4.79 Å². The van der Waals surface area contributed by atoms with Crippen molar-refractivity contribution < 1.29 is 24.1 Å². The van der Waals surface area contributed by atoms with E-state index in [9.17, 15) is 9.90 Å². The van der Waals surface area contributed by atoms with Gasteiger partial charge >= 0.3 is 5.97 Å². The molecular weight excluding hydrogens is 260 g/mol. The fraction of sp³-hybridized carbons (Fsp3) is 0.533. The van der Waals surface area contributed by atoms with Gasteiger partial charge in [0, 0.05) is 11.1 Å². The summed E-state index contributed by atoms with van der Waals surface area (Å²) in [6.45, 7) is 5.81. The van der Waals surface area contributed by atoms with Crippen molar-refractivity contribution in [2.45, 2.75) is 32.8 Å². The fourth-order valence-electron chi connectivity index (χ4n) is 2.17. The number of methoxy groups -OCH3 is 2. The molecule has 20 heavy (non-hydrogen) atoms. The van der Waals surface area contributed by atoms with Crippen molar-refractivity contribution >= 4 is 5.97 Å². The smallest absolute Gasteiger partial charge is 0.339 e. The van der Waals surface area contributed by atoms with Gasteiger partial charge in [0.15, 0.2) is 6.10 Å². The van der Waals surface area contributed by atoms with Gasteiger partial charge in [0.25, 0.3) is 0 Å². The lowest BCUT2D eigenvalue weighted by molar-refractivity contribution is -0.153. The number of esters is 1. The summed E-state index contributed by atoms with van der Waals surface area (Å²) in [5.41, 5.74) is 1.15. The van der Waals surface area contributed by atoms with Crippen LogP contribution in [0, 0.1) is 0 Å². The third kappa shape index (κ3) is 3.22. The van der Waals surface area contributed by atoms with Crippen LogP contribution in [0.3, 0.4) is 0 Å². The zero-order chi connectivity index (χ0) is 15.3. The van der Waals surface area contributed by atoms with Crippen molar-refractivity contribution in [1.29, 1.82) is 0 Å². The second kappa shape index (κ2) is 7.14. The molecule has 0 radical (unpaired) electrons. The van der Waals surface area contributed by atoms with Crippen molar-refractivity contribution in [3.63, 3.8) is 0 Å². The molecule has 1 rings (SSSR count). The van der Waals surface area contributed by atoms with Crippen LogP contribution in [0.5, 0.6) is 11.5 Å². The summed E-state index contributed by atoms with van der Waals surface area (Å²) in [6.07, 6.45) is -1.39. The minimum Gasteiger partial charge on any atom is -0.496 e. The number of rotatable bonds is 6. The van der Waals surface area contributed by atoms with Gasteiger partial charge in [0.1, 0.15) is 11.5 Å². The van der Waals surface area contributed by atoms with Crippen molar-refractivity contribution in [1.82, 2.24) is 0 Å². The average molecular weight is 282 g/mol. The fourth-order valence-corrected chi connectivity index (χ4v) is 2.17. The van der Waals surface area contributed by atoms with Gasteiger partial charge in [0.2, 0.25) is 0 Å². The molecule has 5 heteroatoms. The number of ether oxygens (including phenoxy) is 3. The summed E-state index contributed by atoms with van der Waals surface area (Å²) in [6, 6.07) is 3.43. The standard InChI is InChI=1S/C15H22O5/c1-6-20-15(17)14(16)13-11(19-5)8-7-10(18-4)12(13)9(2)3/h7-9,14,16H,6H2,1-5H3. The maximum Gasteiger partial charge on any atom is 0.339 e. The van der Waals surface area contributed by atoms with E-state index in [1.54, 1.807) is 26.2 Å². The first-order valence-corrected chi connectivity index (χ1v) is 6.57. The van der Waals surface area contributed by atoms with E-state index in [-0.39, 0.29) is 12.5 Å². The molecule has 0 amide bonds. The van der Waals surface area contributed by atoms with E-state index in [1.807, 2.05) is 13.8 Å². The van der Waals surface area contributed by atoms with E-state index < -0.39 is 12.1 Å². The molecule has 1 N–H and O–H groups in total. The molecule has 0 bridgehead atoms. The van der Waals surface area contributed by atoms with Crippen LogP contribution in [0.2, 0.25) is 0 Å². The van der Waals surface area contributed by atoms with Crippen LogP contribution < -0.4 is 9.47 Å². The van der Waals surface area contributed by atoms with Crippen molar-refractivity contribution in [3.05, 3.63) is 23.3 Å². The molecule has 0 aromatic heterocycles. The van der Waals surface area contributed by atoms with E-state index in [0.29, 0.717) is 17.1 Å². The Labute approximate surface area is 119 Å². The lowest BCUT2D eigenvalue weighted by Crippen LogP contribution is -2.18. The molecule has 0 saturated carbocycles. The lowest BCUT2D eigenvalue weighted by Gasteiger charge is -2.22. The predicted octanol–water partition coefficient (Wildman–Crippen LogP) is 2.42. The molecule has 0 aliphatic carbocycles. The van der Waals surface area contributed by atoms with Crippen molar-refractivity contribution in [2.75, 3.05) is 20.8 Å². The van der Waals surface area contributed by atoms with Crippen LogP contribution in [0.4, 0.5) is 0 Å². The molecule has 0 aliphatic rings. The maximum absolute atomic E-state index is 11.8. The molecule has 0 heterocycles. The van der Waals surface area contributed by atoms with Crippen LogP contribution >= 0.6 is 0 Å². The summed E-state index contributed by atoms with van der Waals surface area (Å²) in [7, 11) is 3.04. The molecule has 0 spiro atoms. The Hall–Kier alpha value is -1.75. The molecule has 1 aromatic rings. The third-order valence-corrected chi connectivity index (χ3v) is 3.01. The van der Waals surface area contributed by atoms with Gasteiger partial charge < -0.3 is 19.3 Å². The van der Waals surface area contributed by atoms with Crippen LogP contribution in [-0.2, 0) is 9.53 Å². The van der Waals surface area contributed by atoms with Gasteiger partial charge in [-0.3, -0.25) is 0 Å². The number of benzene rings is 1. The number of aliphatic hydroxyl groups is 1. The third-order valence-electron chi connectivity index (χ3n) is 3.01. The molecule has 5 nitrogen and oxygen atoms in total. The van der Waals surface area contributed by atoms with E-state index in [1.165, 1.54) is 7.11 Å². The summed E-state index contributed by atoms with van der Waals surface area (Å²) in [4.78, 5) is 11.8. The van der Waals surface area contributed by atoms with Crippen LogP contribution in [0.15, 0.2) is 12.1 Å². The Morgan fingerprint density at radius 1 is 1.15 bits per heavy atom. The Balaban J connectivity index is 3.43. The Bertz CT molecular complexity index is 468. The minimum absolute atomic E-state index is 0.0547. The first-order chi connectivity index (χ1) is 9.47. The Kier molecular flexibility index (Phi) is 5.82. The monoisotopic (exact) mass is 282 g/mol. The highest BCUT2D eigenvalue weighted by atomic mass is 16.5. The number of carbonyl (C=O) groups excluding carboxylic acids is 1. The topological polar surface area (TPSA) is 65.0 Å².